The average Bonchev–Trinajstić information content (AvgIpc) is 2.88. The number of rotatable bonds is 8. The maximum Gasteiger partial charge on any atom is 0.242 e. The minimum atomic E-state index is -3.80. The van der Waals surface area contributed by atoms with Gasteiger partial charge in [-0.1, -0.05) is 18.5 Å². The zero-order chi connectivity index (χ0) is 25.7. The Morgan fingerprint density at radius 2 is 1.81 bits per heavy atom. The summed E-state index contributed by atoms with van der Waals surface area (Å²) in [4.78, 5) is 27.7. The molecule has 0 atom stereocenters. The molecule has 0 bridgehead atoms. The van der Waals surface area contributed by atoms with Crippen molar-refractivity contribution in [1.82, 2.24) is 24.5 Å². The van der Waals surface area contributed by atoms with E-state index < -0.39 is 10.0 Å². The molecule has 0 saturated carbocycles. The van der Waals surface area contributed by atoms with Crippen molar-refractivity contribution in [3.63, 3.8) is 0 Å². The van der Waals surface area contributed by atoms with Crippen LogP contribution in [0.15, 0.2) is 35.5 Å². The second kappa shape index (κ2) is 11.9. The first-order valence-electron chi connectivity index (χ1n) is 12.6. The van der Waals surface area contributed by atoms with Crippen LogP contribution in [0.3, 0.4) is 0 Å². The van der Waals surface area contributed by atoms with Gasteiger partial charge in [-0.15, -0.1) is 0 Å². The molecule has 0 radical (unpaired) electrons. The Morgan fingerprint density at radius 1 is 1.08 bits per heavy atom. The minimum Gasteiger partial charge on any atom is -0.371 e. The van der Waals surface area contributed by atoms with Gasteiger partial charge in [0.15, 0.2) is 0 Å². The number of sulfonamides is 1. The fourth-order valence-corrected chi connectivity index (χ4v) is 6.28. The van der Waals surface area contributed by atoms with E-state index in [-0.39, 0.29) is 22.4 Å². The number of carbonyl (C=O) groups excluding carboxylic acids is 1. The molecule has 4 rings (SSSR count). The molecular weight excluding hydrogens is 500 g/mol. The smallest absolute Gasteiger partial charge is 0.242 e. The van der Waals surface area contributed by atoms with Gasteiger partial charge in [0, 0.05) is 57.6 Å². The molecule has 11 heteroatoms. The number of nitrogens with zero attached hydrogens (tertiary/aromatic N) is 5. The van der Waals surface area contributed by atoms with Gasteiger partial charge in [0.05, 0.1) is 29.2 Å². The van der Waals surface area contributed by atoms with E-state index in [2.05, 4.69) is 31.4 Å². The maximum absolute atomic E-state index is 12.8. The quantitative estimate of drug-likeness (QED) is 0.556. The third kappa shape index (κ3) is 6.73. The molecule has 36 heavy (non-hydrogen) atoms. The highest BCUT2D eigenvalue weighted by Crippen LogP contribution is 2.31. The van der Waals surface area contributed by atoms with Crippen molar-refractivity contribution >= 4 is 33.2 Å². The lowest BCUT2D eigenvalue weighted by atomic mass is 9.92. The zero-order valence-corrected chi connectivity index (χ0v) is 22.6. The fraction of sp³-hybridized carbons (Fsp3) is 0.560. The molecule has 2 aromatic rings. The van der Waals surface area contributed by atoms with Crippen molar-refractivity contribution in [3.8, 4) is 0 Å². The van der Waals surface area contributed by atoms with Crippen molar-refractivity contribution in [2.45, 2.75) is 44.6 Å². The highest BCUT2D eigenvalue weighted by molar-refractivity contribution is 7.89. The van der Waals surface area contributed by atoms with Crippen LogP contribution in [-0.2, 0) is 21.4 Å². The van der Waals surface area contributed by atoms with Gasteiger partial charge in [-0.05, 0) is 50.4 Å². The monoisotopic (exact) mass is 534 g/mol. The first kappa shape index (κ1) is 26.8. The Morgan fingerprint density at radius 3 is 2.42 bits per heavy atom. The van der Waals surface area contributed by atoms with Gasteiger partial charge in [0.25, 0.3) is 0 Å². The molecule has 2 fully saturated rings. The number of piperazine rings is 1. The molecule has 0 spiro atoms. The molecule has 0 aliphatic carbocycles. The number of anilines is 1. The number of aryl methyl sites for hydroxylation is 1. The molecular formula is C25H35ClN6O3S. The van der Waals surface area contributed by atoms with Crippen LogP contribution in [-0.4, -0.2) is 79.9 Å². The Balaban J connectivity index is 1.29. The van der Waals surface area contributed by atoms with E-state index in [1.54, 1.807) is 30.6 Å². The maximum atomic E-state index is 12.8. The van der Waals surface area contributed by atoms with Crippen LogP contribution in [0, 0.1) is 12.8 Å². The molecule has 3 heterocycles. The molecule has 1 aromatic heterocycles. The lowest BCUT2D eigenvalue weighted by Gasteiger charge is -2.37. The van der Waals surface area contributed by atoms with E-state index in [4.69, 9.17) is 11.6 Å². The largest absolute Gasteiger partial charge is 0.371 e. The van der Waals surface area contributed by atoms with E-state index in [0.717, 1.165) is 70.0 Å². The molecule has 2 saturated heterocycles. The summed E-state index contributed by atoms with van der Waals surface area (Å²) >= 11 is 6.41. The zero-order valence-electron chi connectivity index (χ0n) is 21.0. The normalized spacial score (nSPS) is 18.0. The van der Waals surface area contributed by atoms with Crippen LogP contribution in [0.2, 0.25) is 5.02 Å². The predicted octanol–water partition coefficient (Wildman–Crippen LogP) is 2.69. The predicted molar refractivity (Wildman–Crippen MR) is 140 cm³/mol. The number of likely N-dealkylation sites (N-methyl/N-ethyl adjacent to an activating group) is 1. The summed E-state index contributed by atoms with van der Waals surface area (Å²) in [6, 6.07) is 5.05. The first-order chi connectivity index (χ1) is 17.2. The second-order valence-electron chi connectivity index (χ2n) is 9.54. The Hall–Kier alpha value is -2.27. The molecule has 2 aliphatic heterocycles. The number of halogens is 1. The SMILES string of the molecule is CCN1CCN(C(=O)CC2CCN(c3ccc(S(=O)(=O)NCc4cnc(C)cn4)c(Cl)c3)CC2)CC1. The first-order valence-corrected chi connectivity index (χ1v) is 14.4. The molecule has 2 aliphatic rings. The fourth-order valence-electron chi connectivity index (χ4n) is 4.75. The van der Waals surface area contributed by atoms with Crippen LogP contribution in [0.5, 0.6) is 0 Å². The number of amides is 1. The highest BCUT2D eigenvalue weighted by atomic mass is 35.5. The second-order valence-corrected chi connectivity index (χ2v) is 11.7. The lowest BCUT2D eigenvalue weighted by Crippen LogP contribution is -2.49. The van der Waals surface area contributed by atoms with E-state index in [9.17, 15) is 13.2 Å². The van der Waals surface area contributed by atoms with Gasteiger partial charge in [0.1, 0.15) is 4.90 Å². The number of benzene rings is 1. The van der Waals surface area contributed by atoms with Crippen molar-refractivity contribution in [3.05, 3.63) is 47.0 Å². The van der Waals surface area contributed by atoms with E-state index in [0.29, 0.717) is 18.0 Å². The van der Waals surface area contributed by atoms with Crippen molar-refractivity contribution in [2.24, 2.45) is 5.92 Å². The number of carbonyl (C=O) groups is 1. The van der Waals surface area contributed by atoms with Crippen molar-refractivity contribution < 1.29 is 13.2 Å². The van der Waals surface area contributed by atoms with Gasteiger partial charge >= 0.3 is 0 Å². The Bertz CT molecular complexity index is 1140. The van der Waals surface area contributed by atoms with E-state index in [1.165, 1.54) is 0 Å². The number of hydrogen-bond acceptors (Lipinski definition) is 7. The number of hydrogen-bond donors (Lipinski definition) is 1. The molecule has 0 unspecified atom stereocenters. The summed E-state index contributed by atoms with van der Waals surface area (Å²) in [5.41, 5.74) is 2.19. The van der Waals surface area contributed by atoms with Crippen molar-refractivity contribution in [2.75, 3.05) is 50.7 Å². The summed E-state index contributed by atoms with van der Waals surface area (Å²) in [5, 5.41) is 0.179. The van der Waals surface area contributed by atoms with Crippen LogP contribution >= 0.6 is 11.6 Å². The lowest BCUT2D eigenvalue weighted by molar-refractivity contribution is -0.134. The topological polar surface area (TPSA) is 98.7 Å². The summed E-state index contributed by atoms with van der Waals surface area (Å²) in [5.74, 6) is 0.646. The molecule has 1 amide bonds. The van der Waals surface area contributed by atoms with Gasteiger partial charge in [-0.25, -0.2) is 13.1 Å². The Kier molecular flexibility index (Phi) is 8.82. The summed E-state index contributed by atoms with van der Waals surface area (Å²) in [6.07, 6.45) is 5.61. The third-order valence-corrected chi connectivity index (χ3v) is 8.98. The summed E-state index contributed by atoms with van der Waals surface area (Å²) < 4.78 is 28.1. The minimum absolute atomic E-state index is 0.0359. The van der Waals surface area contributed by atoms with Crippen LogP contribution in [0.1, 0.15) is 37.6 Å². The molecule has 1 aromatic carbocycles. The molecule has 196 valence electrons. The van der Waals surface area contributed by atoms with Crippen LogP contribution in [0.4, 0.5) is 5.69 Å². The van der Waals surface area contributed by atoms with E-state index >= 15 is 0 Å². The van der Waals surface area contributed by atoms with Gasteiger partial charge in [-0.2, -0.15) is 0 Å². The number of nitrogens with one attached hydrogen (secondary N) is 1. The van der Waals surface area contributed by atoms with Crippen molar-refractivity contribution in [1.29, 1.82) is 0 Å². The number of piperidine rings is 1. The molecule has 1 N–H and O–H groups in total. The highest BCUT2D eigenvalue weighted by Gasteiger charge is 2.27. The summed E-state index contributed by atoms with van der Waals surface area (Å²) in [6.45, 7) is 10.3. The van der Waals surface area contributed by atoms with E-state index in [1.807, 2.05) is 11.8 Å². The van der Waals surface area contributed by atoms with Gasteiger partial charge in [-0.3, -0.25) is 14.8 Å². The number of aromatic nitrogens is 2. The van der Waals surface area contributed by atoms with Crippen LogP contribution in [0.25, 0.3) is 0 Å². The standard InChI is InChI=1S/C25H35ClN6O3S/c1-3-30-10-12-32(13-11-30)25(33)14-20-6-8-31(9-7-20)22-4-5-24(23(26)15-22)36(34,35)29-18-21-17-27-19(2)16-28-21/h4-5,15-17,20,29H,3,6-14,18H2,1-2H3. The van der Waals surface area contributed by atoms with Crippen LogP contribution < -0.4 is 9.62 Å². The van der Waals surface area contributed by atoms with Gasteiger partial charge < -0.3 is 14.7 Å². The van der Waals surface area contributed by atoms with Gasteiger partial charge in [0.2, 0.25) is 15.9 Å². The summed E-state index contributed by atoms with van der Waals surface area (Å²) in [7, 11) is -3.80. The average molecular weight is 535 g/mol. The third-order valence-electron chi connectivity index (χ3n) is 7.10. The molecule has 9 nitrogen and oxygen atoms in total. The Labute approximate surface area is 218 Å².